The molecule has 0 aliphatic heterocycles. The third-order valence-electron chi connectivity index (χ3n) is 8.83. The number of fused-ring (bicyclic) bond motifs is 2. The minimum atomic E-state index is -0.317. The maximum absolute atomic E-state index is 13.5. The molecule has 0 radical (unpaired) electrons. The van der Waals surface area contributed by atoms with Crippen LogP contribution in [0.25, 0.3) is 56.7 Å². The molecular weight excluding hydrogens is 745 g/mol. The number of halogens is 2. The first-order chi connectivity index (χ1) is 27.7. The van der Waals surface area contributed by atoms with Gasteiger partial charge in [0.2, 0.25) is 5.95 Å². The third-order valence-corrected chi connectivity index (χ3v) is 9.39. The lowest BCUT2D eigenvalue weighted by Gasteiger charge is -2.15. The van der Waals surface area contributed by atoms with Crippen LogP contribution in [0.4, 0.5) is 26.4 Å². The summed E-state index contributed by atoms with van der Waals surface area (Å²) in [5.41, 5.74) is 16.7. The largest absolute Gasteiger partial charge is 0.384 e. The molecule has 0 amide bonds. The smallest absolute Gasteiger partial charge is 0.225 e. The summed E-state index contributed by atoms with van der Waals surface area (Å²) in [5, 5.41) is 3.99. The maximum atomic E-state index is 13.5. The summed E-state index contributed by atoms with van der Waals surface area (Å²) >= 11 is 1.45. The van der Waals surface area contributed by atoms with Crippen molar-refractivity contribution in [1.82, 2.24) is 49.0 Å². The summed E-state index contributed by atoms with van der Waals surface area (Å²) in [6.45, 7) is 2.05. The highest BCUT2D eigenvalue weighted by atomic mass is 32.2. The van der Waals surface area contributed by atoms with Crippen LogP contribution in [0.5, 0.6) is 0 Å². The number of anilines is 3. The number of nitrogen functional groups attached to an aromatic ring is 2. The number of benzene rings is 3. The lowest BCUT2D eigenvalue weighted by atomic mass is 10.1. The molecule has 0 fully saturated rings. The van der Waals surface area contributed by atoms with Gasteiger partial charge in [-0.15, -0.1) is 0 Å². The van der Waals surface area contributed by atoms with Crippen LogP contribution in [0.2, 0.25) is 0 Å². The highest BCUT2D eigenvalue weighted by Crippen LogP contribution is 2.30. The molecule has 0 unspecified atom stereocenters. The van der Waals surface area contributed by atoms with Crippen molar-refractivity contribution < 1.29 is 8.78 Å². The van der Waals surface area contributed by atoms with Gasteiger partial charge in [0.25, 0.3) is 0 Å². The topological polar surface area (TPSA) is 177 Å². The zero-order valence-electron chi connectivity index (χ0n) is 30.5. The zero-order valence-corrected chi connectivity index (χ0v) is 31.3. The molecule has 9 rings (SSSR count). The molecule has 6 heterocycles. The summed E-state index contributed by atoms with van der Waals surface area (Å²) < 4.78 is 30.6. The van der Waals surface area contributed by atoms with Gasteiger partial charge >= 0.3 is 0 Å². The molecule has 0 spiro atoms. The van der Waals surface area contributed by atoms with E-state index in [4.69, 9.17) is 16.5 Å². The zero-order chi connectivity index (χ0) is 39.5. The van der Waals surface area contributed by atoms with Crippen molar-refractivity contribution in [2.24, 2.45) is 0 Å². The Kier molecular flexibility index (Phi) is 10.2. The van der Waals surface area contributed by atoms with E-state index in [1.807, 2.05) is 57.9 Å². The van der Waals surface area contributed by atoms with Crippen molar-refractivity contribution in [2.45, 2.75) is 18.1 Å². The normalized spacial score (nSPS) is 11.6. The van der Waals surface area contributed by atoms with Crippen molar-refractivity contribution >= 4 is 51.7 Å². The van der Waals surface area contributed by atoms with Gasteiger partial charge < -0.3 is 16.8 Å². The molecule has 5 N–H and O–H groups in total. The number of nitrogens with one attached hydrogen (secondary N) is 1. The number of pyridine rings is 2. The van der Waals surface area contributed by atoms with E-state index in [0.717, 1.165) is 27.7 Å². The molecule has 57 heavy (non-hydrogen) atoms. The molecule has 9 aromatic rings. The average Bonchev–Trinajstić information content (AvgIpc) is 3.80. The fourth-order valence-corrected chi connectivity index (χ4v) is 6.47. The second-order valence-corrected chi connectivity index (χ2v) is 13.4. The van der Waals surface area contributed by atoms with E-state index in [2.05, 4.69) is 47.1 Å². The third kappa shape index (κ3) is 7.79. The average molecular weight is 778 g/mol. The van der Waals surface area contributed by atoms with Crippen LogP contribution in [0.15, 0.2) is 133 Å². The number of hydrogen-bond donors (Lipinski definition) is 3. The number of thioether (sulfide) groups is 1. The summed E-state index contributed by atoms with van der Waals surface area (Å²) in [5.74, 6) is 3.07. The standard InChI is InChI=1S/C24H20FN7.C17H13FN6S/c1-15(16-5-3-2-4-6-16)28-24-27-14-13-21(30-24)32-19-11-12-20(26)29-22(19)31-23(32)17-7-9-18(25)10-8-17;1-25-17-20-9-8-14(22-17)24-12-6-7-13(19)21-15(12)23-16(24)10-2-4-11(18)5-3-10/h2-15H,1H3,(H2,26,29)(H,27,28,30);2-9H,1H3,(H2,19,21)/t15-;/m1./s1. The van der Waals surface area contributed by atoms with Gasteiger partial charge in [-0.05, 0) is 104 Å². The highest BCUT2D eigenvalue weighted by Gasteiger charge is 2.19. The maximum Gasteiger partial charge on any atom is 0.225 e. The predicted molar refractivity (Wildman–Crippen MR) is 219 cm³/mol. The van der Waals surface area contributed by atoms with Crippen LogP contribution in [-0.4, -0.2) is 55.3 Å². The molecule has 3 aromatic carbocycles. The van der Waals surface area contributed by atoms with Crippen LogP contribution in [-0.2, 0) is 0 Å². The first kappa shape index (κ1) is 36.6. The molecule has 0 saturated heterocycles. The van der Waals surface area contributed by atoms with Gasteiger partial charge in [-0.1, -0.05) is 42.1 Å². The Morgan fingerprint density at radius 1 is 0.579 bits per heavy atom. The van der Waals surface area contributed by atoms with Gasteiger partial charge in [-0.25, -0.2) is 43.7 Å². The predicted octanol–water partition coefficient (Wildman–Crippen LogP) is 8.09. The molecule has 16 heteroatoms. The lowest BCUT2D eigenvalue weighted by Crippen LogP contribution is -2.11. The van der Waals surface area contributed by atoms with Crippen molar-refractivity contribution in [2.75, 3.05) is 23.0 Å². The summed E-state index contributed by atoms with van der Waals surface area (Å²) in [7, 11) is 0. The van der Waals surface area contributed by atoms with Crippen LogP contribution >= 0.6 is 11.8 Å². The fraction of sp³-hybridized carbons (Fsp3) is 0.0732. The number of aromatic nitrogens is 10. The summed E-state index contributed by atoms with van der Waals surface area (Å²) in [6, 6.07) is 33.1. The van der Waals surface area contributed by atoms with E-state index >= 15 is 0 Å². The highest BCUT2D eigenvalue weighted by molar-refractivity contribution is 7.98. The molecule has 282 valence electrons. The fourth-order valence-electron chi connectivity index (χ4n) is 6.12. The second-order valence-electron chi connectivity index (χ2n) is 12.6. The molecule has 0 aliphatic carbocycles. The summed E-state index contributed by atoms with van der Waals surface area (Å²) in [6.07, 6.45) is 5.29. The Balaban J connectivity index is 0.000000165. The Morgan fingerprint density at radius 2 is 1.09 bits per heavy atom. The molecular formula is C41H33F2N13S. The van der Waals surface area contributed by atoms with Gasteiger partial charge in [-0.2, -0.15) is 4.98 Å². The quantitative estimate of drug-likeness (QED) is 0.1000. The minimum Gasteiger partial charge on any atom is -0.384 e. The van der Waals surface area contributed by atoms with Crippen molar-refractivity contribution in [3.05, 3.63) is 145 Å². The van der Waals surface area contributed by atoms with Gasteiger partial charge in [0.05, 0.1) is 17.1 Å². The van der Waals surface area contributed by atoms with Crippen molar-refractivity contribution in [3.8, 4) is 34.4 Å². The molecule has 0 aliphatic rings. The van der Waals surface area contributed by atoms with E-state index in [-0.39, 0.29) is 17.7 Å². The van der Waals surface area contributed by atoms with Crippen LogP contribution in [0, 0.1) is 11.6 Å². The number of rotatable bonds is 8. The Morgan fingerprint density at radius 3 is 1.61 bits per heavy atom. The number of imidazole rings is 2. The van der Waals surface area contributed by atoms with Gasteiger partial charge in [0, 0.05) is 23.5 Å². The Bertz CT molecular complexity index is 2830. The monoisotopic (exact) mass is 777 g/mol. The molecule has 1 atom stereocenters. The lowest BCUT2D eigenvalue weighted by molar-refractivity contribution is 0.627. The Hall–Kier alpha value is -7.33. The van der Waals surface area contributed by atoms with Gasteiger partial charge in [0.1, 0.15) is 46.6 Å². The van der Waals surface area contributed by atoms with Crippen LogP contribution in [0.3, 0.4) is 0 Å². The van der Waals surface area contributed by atoms with Crippen LogP contribution in [0.1, 0.15) is 18.5 Å². The minimum absolute atomic E-state index is 0.0176. The molecule has 0 bridgehead atoms. The van der Waals surface area contributed by atoms with E-state index in [1.54, 1.807) is 60.9 Å². The number of hydrogen-bond acceptors (Lipinski definition) is 12. The van der Waals surface area contributed by atoms with E-state index in [0.29, 0.717) is 57.3 Å². The Labute approximate surface area is 329 Å². The van der Waals surface area contributed by atoms with Gasteiger partial charge in [0.15, 0.2) is 16.5 Å². The van der Waals surface area contributed by atoms with Crippen molar-refractivity contribution in [1.29, 1.82) is 0 Å². The van der Waals surface area contributed by atoms with Gasteiger partial charge in [-0.3, -0.25) is 9.13 Å². The number of nitrogens with zero attached hydrogens (tertiary/aromatic N) is 10. The second kappa shape index (κ2) is 15.8. The molecule has 13 nitrogen and oxygen atoms in total. The SMILES string of the molecule is CSc1nccc(-n2c(-c3ccc(F)cc3)nc3nc(N)ccc32)n1.C[C@@H](Nc1nccc(-n2c(-c3ccc(F)cc3)nc3nc(N)ccc32)n1)c1ccccc1. The van der Waals surface area contributed by atoms with E-state index < -0.39 is 0 Å². The molecule has 6 aromatic heterocycles. The molecule has 0 saturated carbocycles. The summed E-state index contributed by atoms with van der Waals surface area (Å²) in [4.78, 5) is 35.8. The first-order valence-corrected chi connectivity index (χ1v) is 18.8. The van der Waals surface area contributed by atoms with Crippen LogP contribution < -0.4 is 16.8 Å². The van der Waals surface area contributed by atoms with Crippen molar-refractivity contribution in [3.63, 3.8) is 0 Å². The van der Waals surface area contributed by atoms with E-state index in [9.17, 15) is 8.78 Å². The number of nitrogens with two attached hydrogens (primary N) is 2. The first-order valence-electron chi connectivity index (χ1n) is 17.6. The van der Waals surface area contributed by atoms with E-state index in [1.165, 1.54) is 36.0 Å².